The molecule has 0 radical (unpaired) electrons. The predicted molar refractivity (Wildman–Crippen MR) is 82.6 cm³/mol. The molecule has 0 unspecified atom stereocenters. The molecule has 4 nitrogen and oxygen atoms in total. The molecule has 0 spiro atoms. The number of rotatable bonds is 3. The van der Waals surface area contributed by atoms with Crippen LogP contribution in [0.3, 0.4) is 0 Å². The van der Waals surface area contributed by atoms with Gasteiger partial charge in [-0.3, -0.25) is 4.79 Å². The molecule has 1 aliphatic heterocycles. The van der Waals surface area contributed by atoms with Gasteiger partial charge in [0.15, 0.2) is 10.9 Å². The highest BCUT2D eigenvalue weighted by Gasteiger charge is 2.30. The van der Waals surface area contributed by atoms with Crippen molar-refractivity contribution in [2.75, 3.05) is 14.2 Å². The molecule has 5 heteroatoms. The van der Waals surface area contributed by atoms with Gasteiger partial charge in [0.05, 0.1) is 13.2 Å². The number of carbonyl (C=O) groups is 1. The van der Waals surface area contributed by atoms with Crippen LogP contribution in [0.2, 0.25) is 0 Å². The average molecular weight is 290 g/mol. The van der Waals surface area contributed by atoms with Gasteiger partial charge >= 0.3 is 0 Å². The van der Waals surface area contributed by atoms with Gasteiger partial charge in [0.25, 0.3) is 0 Å². The van der Waals surface area contributed by atoms with Gasteiger partial charge in [-0.2, -0.15) is 0 Å². The van der Waals surface area contributed by atoms with Crippen LogP contribution in [0.25, 0.3) is 0 Å². The minimum absolute atomic E-state index is 0.0465. The van der Waals surface area contributed by atoms with Crippen molar-refractivity contribution in [2.24, 2.45) is 0 Å². The molecule has 20 heavy (non-hydrogen) atoms. The first-order chi connectivity index (χ1) is 9.45. The van der Waals surface area contributed by atoms with Crippen molar-refractivity contribution in [3.05, 3.63) is 41.1 Å². The van der Waals surface area contributed by atoms with Gasteiger partial charge in [0.2, 0.25) is 0 Å². The molecule has 0 saturated carbocycles. The highest BCUT2D eigenvalue weighted by atomic mass is 32.1. The van der Waals surface area contributed by atoms with Gasteiger partial charge in [-0.25, -0.2) is 0 Å². The molecule has 1 atom stereocenters. The summed E-state index contributed by atoms with van der Waals surface area (Å²) in [5.41, 5.74) is 2.62. The molecule has 1 heterocycles. The molecule has 106 valence electrons. The lowest BCUT2D eigenvalue weighted by molar-refractivity contribution is -0.114. The molecular formula is C15H18N2O2S. The SMILES string of the molecule is COc1ccc([C@H]2NC(=S)N(C)C(C)=C2C(C)=O)cc1. The van der Waals surface area contributed by atoms with E-state index in [0.717, 1.165) is 22.6 Å². The summed E-state index contributed by atoms with van der Waals surface area (Å²) in [6.45, 7) is 3.50. The summed E-state index contributed by atoms with van der Waals surface area (Å²) in [4.78, 5) is 13.8. The maximum atomic E-state index is 12.0. The molecule has 0 bridgehead atoms. The number of thiocarbonyl (C=S) groups is 1. The summed E-state index contributed by atoms with van der Waals surface area (Å²) in [5.74, 6) is 0.833. The summed E-state index contributed by atoms with van der Waals surface area (Å²) < 4.78 is 5.16. The summed E-state index contributed by atoms with van der Waals surface area (Å²) in [7, 11) is 3.49. The third-order valence-electron chi connectivity index (χ3n) is 3.58. The highest BCUT2D eigenvalue weighted by molar-refractivity contribution is 7.80. The Hall–Kier alpha value is -1.88. The van der Waals surface area contributed by atoms with Gasteiger partial charge < -0.3 is 15.0 Å². The first kappa shape index (κ1) is 14.5. The largest absolute Gasteiger partial charge is 0.497 e. The molecule has 1 aliphatic rings. The number of ether oxygens (including phenoxy) is 1. The maximum Gasteiger partial charge on any atom is 0.173 e. The number of nitrogens with one attached hydrogen (secondary N) is 1. The minimum atomic E-state index is -0.206. The number of ketones is 1. The number of hydrogen-bond donors (Lipinski definition) is 1. The quantitative estimate of drug-likeness (QED) is 0.866. The van der Waals surface area contributed by atoms with Gasteiger partial charge in [0, 0.05) is 18.3 Å². The maximum absolute atomic E-state index is 12.0. The third kappa shape index (κ3) is 2.54. The van der Waals surface area contributed by atoms with E-state index in [2.05, 4.69) is 5.32 Å². The minimum Gasteiger partial charge on any atom is -0.497 e. The Kier molecular flexibility index (Phi) is 4.09. The lowest BCUT2D eigenvalue weighted by Crippen LogP contribution is -2.45. The monoisotopic (exact) mass is 290 g/mol. The Bertz CT molecular complexity index is 578. The number of benzene rings is 1. The van der Waals surface area contributed by atoms with Crippen LogP contribution in [-0.2, 0) is 4.79 Å². The first-order valence-corrected chi connectivity index (χ1v) is 6.76. The Morgan fingerprint density at radius 2 is 1.95 bits per heavy atom. The molecule has 1 aromatic rings. The summed E-state index contributed by atoms with van der Waals surface area (Å²) in [5, 5.41) is 3.84. The van der Waals surface area contributed by atoms with Gasteiger partial charge in [-0.1, -0.05) is 12.1 Å². The van der Waals surface area contributed by atoms with Crippen LogP contribution in [0.4, 0.5) is 0 Å². The molecule has 1 N–H and O–H groups in total. The number of hydrogen-bond acceptors (Lipinski definition) is 3. The molecule has 0 saturated heterocycles. The van der Waals surface area contributed by atoms with E-state index in [0.29, 0.717) is 5.11 Å². The van der Waals surface area contributed by atoms with Crippen LogP contribution in [0.1, 0.15) is 25.5 Å². The van der Waals surface area contributed by atoms with E-state index >= 15 is 0 Å². The second kappa shape index (κ2) is 5.63. The lowest BCUT2D eigenvalue weighted by Gasteiger charge is -2.35. The molecular weight excluding hydrogens is 272 g/mol. The van der Waals surface area contributed by atoms with Crippen LogP contribution in [0.5, 0.6) is 5.75 Å². The zero-order valence-corrected chi connectivity index (χ0v) is 12.9. The fourth-order valence-electron chi connectivity index (χ4n) is 2.34. The number of Topliss-reactive ketones (excluding diaryl/α,β-unsaturated/α-hetero) is 1. The van der Waals surface area contributed by atoms with Crippen molar-refractivity contribution < 1.29 is 9.53 Å². The van der Waals surface area contributed by atoms with E-state index in [1.807, 2.05) is 43.1 Å². The van der Waals surface area contributed by atoms with Crippen molar-refractivity contribution in [2.45, 2.75) is 19.9 Å². The molecule has 0 fully saturated rings. The fraction of sp³-hybridized carbons (Fsp3) is 0.333. The summed E-state index contributed by atoms with van der Waals surface area (Å²) >= 11 is 5.32. The van der Waals surface area contributed by atoms with Crippen LogP contribution in [0, 0.1) is 0 Å². The third-order valence-corrected chi connectivity index (χ3v) is 3.97. The predicted octanol–water partition coefficient (Wildman–Crippen LogP) is 2.42. The van der Waals surface area contributed by atoms with Crippen molar-refractivity contribution in [3.63, 3.8) is 0 Å². The van der Waals surface area contributed by atoms with Gasteiger partial charge in [-0.05, 0) is 43.8 Å². The number of allylic oxidation sites excluding steroid dienone is 1. The van der Waals surface area contributed by atoms with Crippen LogP contribution in [0.15, 0.2) is 35.5 Å². The topological polar surface area (TPSA) is 41.6 Å². The molecule has 1 aromatic carbocycles. The highest BCUT2D eigenvalue weighted by Crippen LogP contribution is 2.31. The van der Waals surface area contributed by atoms with E-state index < -0.39 is 0 Å². The van der Waals surface area contributed by atoms with Crippen molar-refractivity contribution in [1.82, 2.24) is 10.2 Å². The fourth-order valence-corrected chi connectivity index (χ4v) is 2.59. The van der Waals surface area contributed by atoms with E-state index in [4.69, 9.17) is 17.0 Å². The Morgan fingerprint density at radius 3 is 2.45 bits per heavy atom. The molecule has 0 amide bonds. The first-order valence-electron chi connectivity index (χ1n) is 6.35. The molecule has 2 rings (SSSR count). The Balaban J connectivity index is 2.47. The number of methoxy groups -OCH3 is 1. The van der Waals surface area contributed by atoms with E-state index in [1.54, 1.807) is 14.0 Å². The lowest BCUT2D eigenvalue weighted by atomic mass is 9.92. The molecule has 0 aliphatic carbocycles. The van der Waals surface area contributed by atoms with Gasteiger partial charge in [-0.15, -0.1) is 0 Å². The van der Waals surface area contributed by atoms with E-state index in [-0.39, 0.29) is 11.8 Å². The summed E-state index contributed by atoms with van der Waals surface area (Å²) in [6.07, 6.45) is 0. The zero-order chi connectivity index (χ0) is 14.9. The van der Waals surface area contributed by atoms with Gasteiger partial charge in [0.1, 0.15) is 5.75 Å². The van der Waals surface area contributed by atoms with Crippen molar-refractivity contribution in [1.29, 1.82) is 0 Å². The van der Waals surface area contributed by atoms with Crippen LogP contribution in [-0.4, -0.2) is 30.0 Å². The van der Waals surface area contributed by atoms with Crippen LogP contribution >= 0.6 is 12.2 Å². The Labute approximate surface area is 124 Å². The normalized spacial score (nSPS) is 18.9. The number of carbonyl (C=O) groups excluding carboxylic acids is 1. The Morgan fingerprint density at radius 1 is 1.35 bits per heavy atom. The second-order valence-corrected chi connectivity index (χ2v) is 5.16. The summed E-state index contributed by atoms with van der Waals surface area (Å²) in [6, 6.07) is 7.44. The van der Waals surface area contributed by atoms with E-state index in [9.17, 15) is 4.79 Å². The van der Waals surface area contributed by atoms with Crippen molar-refractivity contribution in [3.8, 4) is 5.75 Å². The second-order valence-electron chi connectivity index (χ2n) is 4.77. The smallest absolute Gasteiger partial charge is 0.173 e. The standard InChI is InChI=1S/C15H18N2O2S/c1-9-13(10(2)18)14(16-15(20)17(9)3)11-5-7-12(19-4)8-6-11/h5-8,14H,1-4H3,(H,16,20)/t14-/m1/s1. The number of nitrogens with zero attached hydrogens (tertiary/aromatic N) is 1. The van der Waals surface area contributed by atoms with Crippen molar-refractivity contribution >= 4 is 23.1 Å². The van der Waals surface area contributed by atoms with Crippen LogP contribution < -0.4 is 10.1 Å². The molecule has 0 aromatic heterocycles. The van der Waals surface area contributed by atoms with E-state index in [1.165, 1.54) is 0 Å². The zero-order valence-electron chi connectivity index (χ0n) is 12.1. The average Bonchev–Trinajstić information content (AvgIpc) is 2.44.